The molecule has 24 nitrogen and oxygen atoms in total. The van der Waals surface area contributed by atoms with E-state index < -0.39 is 118 Å². The number of carboxylic acids is 1. The molecule has 0 aliphatic rings. The maximum absolute atomic E-state index is 13.6. The summed E-state index contributed by atoms with van der Waals surface area (Å²) < 4.78 is 201. The summed E-state index contributed by atoms with van der Waals surface area (Å²) in [6.07, 6.45) is -5.92. The van der Waals surface area contributed by atoms with E-state index in [1.54, 1.807) is 53.5 Å². The predicted molar refractivity (Wildman–Crippen MR) is 405 cm³/mol. The van der Waals surface area contributed by atoms with Crippen LogP contribution in [0.4, 0.5) is 74.1 Å². The van der Waals surface area contributed by atoms with Crippen LogP contribution in [0.25, 0.3) is 14.5 Å². The fraction of sp³-hybridized carbons (Fsp3) is 0.260. The van der Waals surface area contributed by atoms with Crippen LogP contribution in [0.15, 0.2) is 97.1 Å². The molecular formula is C73H77ClCuF13I2N5NaO19. The number of ether oxygens (including phenoxy) is 8. The Morgan fingerprint density at radius 2 is 0.670 bits per heavy atom. The number of esters is 6. The van der Waals surface area contributed by atoms with Crippen LogP contribution in [0, 0.1) is 105 Å². The number of phenolic OH excluding ortho intramolecular Hbond substituents is 3. The van der Waals surface area contributed by atoms with Crippen LogP contribution in [0.1, 0.15) is 138 Å². The molecule has 4 N–H and O–H groups in total. The SMILES string of the molecule is C.C.C.C.C.C.C.CC(=O)O.COC(=O)c1ccc(O)c(I)c1.COC(=O)c1ccc(O)cc1.ClI.O=C(Oc1c(F)c(F)c(F)c(F)c1F)C(F)(F)F.[C-]#N.[C-]#N.[C-]#[N+]c1cc(C(=O)OC)ccc1O.[C-]#[N+]c1cc(C(=O)OC)ccc1OC(C)C.[C-]#[N+]c1cc(C(=O)Oc2c(F)c(F)c(F)c(F)c2F)ccc1OC(C)C.[Cu+].[Na+]. The van der Waals surface area contributed by atoms with Gasteiger partial charge < -0.3 is 82.0 Å². The summed E-state index contributed by atoms with van der Waals surface area (Å²) in [5, 5.41) is 47.0. The van der Waals surface area contributed by atoms with Crippen LogP contribution in [0.5, 0.6) is 40.2 Å². The number of carbonyl (C=O) groups excluding carboxylic acids is 6. The van der Waals surface area contributed by atoms with E-state index in [0.717, 1.165) is 19.1 Å². The third-order valence-corrected chi connectivity index (χ3v) is 11.5. The van der Waals surface area contributed by atoms with Gasteiger partial charge in [0.25, 0.3) is 5.97 Å². The number of phenols is 3. The normalized spacial score (nSPS) is 8.73. The van der Waals surface area contributed by atoms with E-state index in [1.165, 1.54) is 95.2 Å². The third kappa shape index (κ3) is 44.2. The van der Waals surface area contributed by atoms with Crippen molar-refractivity contribution in [3.8, 4) is 40.2 Å². The zero-order valence-electron chi connectivity index (χ0n) is 56.4. The Hall–Kier alpha value is -10.4. The standard InChI is InChI=1S/C17H10F5NO3.C12H13NO3.C9H7NO3.C8F8O2.C8H7IO3.C8H8O3.C2H4O2.2CN.7CH4.ClI.Cu.Na/c1-7(2)25-10-5-4-8(6-9(10)23-3)17(24)26-16-14(21)12(19)11(18)13(20)15(16)22;1-8(2)16-11-6-5-9(12(14)15-4)7-10(11)13-3;1-10-7-5-6(9(12)13-2)3-4-8(7)11;9-1-2(10)4(12)6(5(13)3(1)11)18-7(17)8(14,15)16;1-12-8(11)5-2-3-7(10)6(9)4-5;1-11-8(10)6-2-4-7(9)5-3-6;1-2(3)4;2*1-2;;;;;;;;1-2;;/h4-7H,1-2H3;5-8H,1-2,4H3;3-5,11H,2H3;;2-4,10H,1H3;2-5,9H,1H3;1H3,(H,3,4);;;7*1H4;;;/q;;;;;;;2*-1;;;;;;;;;2*+1. The number of methoxy groups -OCH3 is 4. The van der Waals surface area contributed by atoms with E-state index in [1.807, 2.05) is 36.4 Å². The molecule has 42 heteroatoms. The van der Waals surface area contributed by atoms with Crippen molar-refractivity contribution in [1.29, 1.82) is 10.5 Å². The number of carbonyl (C=O) groups is 7. The Kier molecular flexibility index (Phi) is 76.3. The average Bonchev–Trinajstić information content (AvgIpc) is 0.794. The van der Waals surface area contributed by atoms with Gasteiger partial charge in [0.2, 0.25) is 86.7 Å². The minimum atomic E-state index is -5.65. The van der Waals surface area contributed by atoms with Gasteiger partial charge in [-0.05, 0) is 156 Å². The molecule has 115 heavy (non-hydrogen) atoms. The number of benzene rings is 7. The van der Waals surface area contributed by atoms with Gasteiger partial charge in [-0.2, -0.15) is 30.7 Å². The number of aromatic hydroxyl groups is 3. The van der Waals surface area contributed by atoms with Crippen molar-refractivity contribution in [2.45, 2.75) is 105 Å². The van der Waals surface area contributed by atoms with Gasteiger partial charge in [-0.15, -0.1) is 0 Å². The quantitative estimate of drug-likeness (QED) is 0.0108. The van der Waals surface area contributed by atoms with E-state index in [2.05, 4.69) is 51.9 Å². The Balaban J connectivity index is -0.000000109. The topological polar surface area (TPSA) is 335 Å². The zero-order chi connectivity index (χ0) is 82.8. The number of nitrogens with zero attached hydrogens (tertiary/aromatic N) is 5. The molecule has 0 saturated carbocycles. The first-order valence-electron chi connectivity index (χ1n) is 27.1. The number of hydrogen-bond acceptors (Lipinski definition) is 20. The molecule has 7 aromatic rings. The summed E-state index contributed by atoms with van der Waals surface area (Å²) in [5.41, 5.74) is 1.42. The van der Waals surface area contributed by atoms with Gasteiger partial charge in [0.1, 0.15) is 28.7 Å². The molecule has 7 aromatic carbocycles. The summed E-state index contributed by atoms with van der Waals surface area (Å²) in [5.74, 6) is -34.8. The number of halogens is 16. The molecule has 7 rings (SSSR count). The number of carboxylic acid groups (broad SMARTS) is 1. The van der Waals surface area contributed by atoms with Crippen molar-refractivity contribution in [2.24, 2.45) is 0 Å². The molecule has 0 aliphatic carbocycles. The molecule has 0 atom stereocenters. The van der Waals surface area contributed by atoms with Crippen molar-refractivity contribution < 1.29 is 196 Å². The van der Waals surface area contributed by atoms with Gasteiger partial charge in [0, 0.05) is 45.1 Å². The van der Waals surface area contributed by atoms with Crippen LogP contribution in [0.3, 0.4) is 0 Å². The number of hydrogen-bond donors (Lipinski definition) is 4. The molecule has 0 fully saturated rings. The fourth-order valence-electron chi connectivity index (χ4n) is 6.26. The van der Waals surface area contributed by atoms with Gasteiger partial charge >= 0.3 is 88.6 Å². The number of alkyl halides is 3. The van der Waals surface area contributed by atoms with E-state index in [9.17, 15) is 85.8 Å². The molecule has 632 valence electrons. The minimum absolute atomic E-state index is 0. The van der Waals surface area contributed by atoms with Crippen molar-refractivity contribution in [2.75, 3.05) is 28.4 Å². The van der Waals surface area contributed by atoms with Crippen LogP contribution >= 0.6 is 53.0 Å². The first-order chi connectivity index (χ1) is 49.6. The summed E-state index contributed by atoms with van der Waals surface area (Å²) in [6.45, 7) is 38.5. The minimum Gasteiger partial charge on any atom is -0.519 e. The summed E-state index contributed by atoms with van der Waals surface area (Å²) in [7, 11) is 9.81. The summed E-state index contributed by atoms with van der Waals surface area (Å²) >= 11 is 3.56. The smallest absolute Gasteiger partial charge is 0.519 e. The van der Waals surface area contributed by atoms with E-state index >= 15 is 0 Å². The average molecular weight is 1950 g/mol. The fourth-order valence-corrected chi connectivity index (χ4v) is 6.78. The summed E-state index contributed by atoms with van der Waals surface area (Å²) in [4.78, 5) is 84.7. The van der Waals surface area contributed by atoms with Crippen molar-refractivity contribution in [3.63, 3.8) is 0 Å². The third-order valence-electron chi connectivity index (χ3n) is 10.7. The maximum Gasteiger partial charge on any atom is 1.00 e. The van der Waals surface area contributed by atoms with Crippen molar-refractivity contribution in [1.82, 2.24) is 0 Å². The Labute approximate surface area is 720 Å². The zero-order valence-corrected chi connectivity index (χ0v) is 64.4. The number of aliphatic carboxylic acids is 1. The Morgan fingerprint density at radius 1 is 0.426 bits per heavy atom. The first kappa shape index (κ1) is 131. The summed E-state index contributed by atoms with van der Waals surface area (Å²) in [6, 6.07) is 22.5. The van der Waals surface area contributed by atoms with Crippen LogP contribution in [-0.4, -0.2) is 109 Å². The molecule has 0 aliphatic heterocycles. The molecule has 0 bridgehead atoms. The first-order valence-corrected chi connectivity index (χ1v) is 30.9. The largest absolute Gasteiger partial charge is 1.00 e. The van der Waals surface area contributed by atoms with Crippen LogP contribution in [0.2, 0.25) is 0 Å². The molecule has 0 heterocycles. The van der Waals surface area contributed by atoms with Gasteiger partial charge in [-0.3, -0.25) is 4.79 Å². The molecule has 0 aromatic heterocycles. The second-order valence-electron chi connectivity index (χ2n) is 18.5. The van der Waals surface area contributed by atoms with Gasteiger partial charge in [-0.25, -0.2) is 69.6 Å². The Bertz CT molecular complexity index is 4340. The molecule has 0 amide bonds. The predicted octanol–water partition coefficient (Wildman–Crippen LogP) is 18.6. The second kappa shape index (κ2) is 67.0. The van der Waals surface area contributed by atoms with Crippen molar-refractivity contribution >= 4 is 112 Å². The second-order valence-corrected chi connectivity index (χ2v) is 19.7. The van der Waals surface area contributed by atoms with E-state index in [4.69, 9.17) is 78.1 Å². The van der Waals surface area contributed by atoms with Crippen LogP contribution in [-0.2, 0) is 45.6 Å². The van der Waals surface area contributed by atoms with Gasteiger partial charge in [-0.1, -0.05) is 52.0 Å². The van der Waals surface area contributed by atoms with Crippen LogP contribution < -0.4 is 48.5 Å². The number of rotatable bonds is 11. The maximum atomic E-state index is 13.6. The van der Waals surface area contributed by atoms with Crippen molar-refractivity contribution in [3.05, 3.63) is 234 Å². The molecule has 0 unspecified atom stereocenters. The van der Waals surface area contributed by atoms with E-state index in [0.29, 0.717) is 31.7 Å². The van der Waals surface area contributed by atoms with Gasteiger partial charge in [0.05, 0.1) is 75.1 Å². The monoisotopic (exact) mass is 1950 g/mol. The molecule has 0 radical (unpaired) electrons. The van der Waals surface area contributed by atoms with Gasteiger partial charge in [0.15, 0.2) is 0 Å². The molecular weight excluding hydrogens is 1870 g/mol. The molecule has 0 saturated heterocycles. The molecule has 0 spiro atoms. The Morgan fingerprint density at radius 3 is 0.948 bits per heavy atom. The van der Waals surface area contributed by atoms with E-state index in [-0.39, 0.29) is 156 Å².